The maximum absolute atomic E-state index is 13.3. The minimum atomic E-state index is -2.73. The number of hydrogen-bond donors (Lipinski definition) is 0. The van der Waals surface area contributed by atoms with E-state index in [4.69, 9.17) is 18.3 Å². The van der Waals surface area contributed by atoms with Gasteiger partial charge in [-0.15, -0.1) is 0 Å². The first kappa shape index (κ1) is 27.8. The zero-order valence-electron chi connectivity index (χ0n) is 24.0. The number of imidazole rings is 1. The summed E-state index contributed by atoms with van der Waals surface area (Å²) in [6, 6.07) is 9.15. The minimum absolute atomic E-state index is 0.151. The molecule has 39 heavy (non-hydrogen) atoms. The molecule has 0 N–H and O–H groups in total. The molecule has 4 atom stereocenters. The van der Waals surface area contributed by atoms with E-state index in [-0.39, 0.29) is 28.2 Å². The van der Waals surface area contributed by atoms with Crippen LogP contribution in [0.15, 0.2) is 43.0 Å². The average Bonchev–Trinajstić information content (AvgIpc) is 3.49. The summed E-state index contributed by atoms with van der Waals surface area (Å²) in [7, 11) is -1.05. The van der Waals surface area contributed by atoms with Crippen LogP contribution in [0.4, 0.5) is 5.82 Å². The van der Waals surface area contributed by atoms with E-state index in [1.165, 1.54) is 6.33 Å². The average molecular weight is 554 g/mol. The van der Waals surface area contributed by atoms with Gasteiger partial charge in [0.2, 0.25) is 0 Å². The van der Waals surface area contributed by atoms with Crippen molar-refractivity contribution in [1.82, 2.24) is 19.5 Å². The van der Waals surface area contributed by atoms with Gasteiger partial charge in [-0.3, -0.25) is 14.3 Å². The Bertz CT molecular complexity index is 1320. The standard InChI is InChI=1S/C28H39N5O5Si/c1-9-32(25(34)18-13-11-10-12-14-18)23-20-24(30-16-29-23)33(17-31-20)26-22(35-8)21-19(37-26)15-36-39(38-21,27(2,3)4)28(5,6)7/h10-14,16-17,19,21-22,26H,9,15H2,1-8H3/t19-,21?,22+,26-/m1/s1. The maximum Gasteiger partial charge on any atom is 0.349 e. The quantitative estimate of drug-likeness (QED) is 0.413. The number of benzene rings is 1. The number of methoxy groups -OCH3 is 1. The monoisotopic (exact) mass is 553 g/mol. The first-order valence-electron chi connectivity index (χ1n) is 13.5. The second-order valence-corrected chi connectivity index (χ2v) is 17.0. The summed E-state index contributed by atoms with van der Waals surface area (Å²) in [5, 5.41) is -0.323. The molecule has 2 aromatic heterocycles. The Morgan fingerprint density at radius 3 is 2.41 bits per heavy atom. The number of aromatic nitrogens is 4. The Morgan fingerprint density at radius 1 is 1.10 bits per heavy atom. The lowest BCUT2D eigenvalue weighted by Gasteiger charge is -2.53. The van der Waals surface area contributed by atoms with Crippen molar-refractivity contribution in [2.45, 2.75) is 83.1 Å². The highest BCUT2D eigenvalue weighted by Gasteiger charge is 2.65. The fraction of sp³-hybridized carbons (Fsp3) is 0.571. The molecule has 210 valence electrons. The predicted molar refractivity (Wildman–Crippen MR) is 150 cm³/mol. The molecule has 4 heterocycles. The fourth-order valence-corrected chi connectivity index (χ4v) is 11.1. The molecule has 2 fully saturated rings. The number of anilines is 1. The molecule has 0 radical (unpaired) electrons. The molecular weight excluding hydrogens is 514 g/mol. The van der Waals surface area contributed by atoms with Gasteiger partial charge in [-0.2, -0.15) is 0 Å². The van der Waals surface area contributed by atoms with Crippen molar-refractivity contribution in [1.29, 1.82) is 0 Å². The van der Waals surface area contributed by atoms with Crippen molar-refractivity contribution in [3.63, 3.8) is 0 Å². The van der Waals surface area contributed by atoms with Gasteiger partial charge in [0.1, 0.15) is 24.6 Å². The Balaban J connectivity index is 1.50. The van der Waals surface area contributed by atoms with Crippen LogP contribution >= 0.6 is 0 Å². The minimum Gasteiger partial charge on any atom is -0.391 e. The number of carbonyl (C=O) groups is 1. The van der Waals surface area contributed by atoms with Crippen molar-refractivity contribution in [2.75, 3.05) is 25.2 Å². The highest BCUT2D eigenvalue weighted by molar-refractivity contribution is 6.73. The van der Waals surface area contributed by atoms with Gasteiger partial charge in [-0.1, -0.05) is 59.7 Å². The molecule has 5 rings (SSSR count). The lowest BCUT2D eigenvalue weighted by Crippen LogP contribution is -2.65. The van der Waals surface area contributed by atoms with Crippen molar-refractivity contribution in [3.8, 4) is 0 Å². The number of carbonyl (C=O) groups excluding carboxylic acids is 1. The second-order valence-electron chi connectivity index (χ2n) is 12.2. The Morgan fingerprint density at radius 2 is 1.79 bits per heavy atom. The van der Waals surface area contributed by atoms with Crippen LogP contribution < -0.4 is 4.90 Å². The molecule has 11 heteroatoms. The van der Waals surface area contributed by atoms with Gasteiger partial charge in [0.25, 0.3) is 5.91 Å². The first-order valence-corrected chi connectivity index (χ1v) is 15.3. The van der Waals surface area contributed by atoms with E-state index in [1.807, 2.05) is 29.7 Å². The van der Waals surface area contributed by atoms with Crippen molar-refractivity contribution in [2.24, 2.45) is 0 Å². The van der Waals surface area contributed by atoms with Gasteiger partial charge in [0.05, 0.1) is 12.9 Å². The van der Waals surface area contributed by atoms with Crippen LogP contribution in [0.25, 0.3) is 11.2 Å². The third-order valence-corrected chi connectivity index (χ3v) is 12.9. The summed E-state index contributed by atoms with van der Waals surface area (Å²) >= 11 is 0. The lowest BCUT2D eigenvalue weighted by atomic mass is 10.1. The van der Waals surface area contributed by atoms with Crippen LogP contribution in [-0.2, 0) is 18.3 Å². The molecule has 1 amide bonds. The Kier molecular flexibility index (Phi) is 7.17. The van der Waals surface area contributed by atoms with Crippen LogP contribution in [0.2, 0.25) is 10.1 Å². The number of fused-ring (bicyclic) bond motifs is 2. The highest BCUT2D eigenvalue weighted by Crippen LogP contribution is 2.56. The molecule has 2 aliphatic rings. The summed E-state index contributed by atoms with van der Waals surface area (Å²) in [5.74, 6) is 0.299. The van der Waals surface area contributed by atoms with Gasteiger partial charge in [-0.05, 0) is 19.1 Å². The zero-order valence-corrected chi connectivity index (χ0v) is 25.0. The normalized spacial score (nSPS) is 25.0. The van der Waals surface area contributed by atoms with E-state index in [2.05, 4.69) is 56.5 Å². The zero-order chi connectivity index (χ0) is 28.2. The first-order chi connectivity index (χ1) is 18.4. The van der Waals surface area contributed by atoms with E-state index in [0.717, 1.165) is 0 Å². The fourth-order valence-electron chi connectivity index (χ4n) is 6.15. The predicted octanol–water partition coefficient (Wildman–Crippen LogP) is 4.86. The van der Waals surface area contributed by atoms with Crippen LogP contribution in [0, 0.1) is 0 Å². The molecule has 10 nitrogen and oxygen atoms in total. The van der Waals surface area contributed by atoms with Gasteiger partial charge in [0, 0.05) is 29.3 Å². The molecule has 0 spiro atoms. The molecule has 0 saturated carbocycles. The van der Waals surface area contributed by atoms with E-state index in [9.17, 15) is 4.79 Å². The molecule has 0 bridgehead atoms. The SMILES string of the molecule is CCN(C(=O)c1ccccc1)c1ncnc2c1ncn2[C@@H]1O[C@@H]2CO[Si](C(C)(C)C)(C(C)(C)C)OC2[C@@H]1OC. The summed E-state index contributed by atoms with van der Waals surface area (Å²) in [6.45, 7) is 15.9. The summed E-state index contributed by atoms with van der Waals surface area (Å²) in [4.78, 5) is 28.6. The van der Waals surface area contributed by atoms with Gasteiger partial charge >= 0.3 is 8.56 Å². The van der Waals surface area contributed by atoms with Crippen molar-refractivity contribution < 1.29 is 23.1 Å². The summed E-state index contributed by atoms with van der Waals surface area (Å²) in [6.07, 6.45) is 1.60. The van der Waals surface area contributed by atoms with Crippen molar-refractivity contribution in [3.05, 3.63) is 48.5 Å². The topological polar surface area (TPSA) is 101 Å². The highest BCUT2D eigenvalue weighted by atomic mass is 28.4. The molecule has 0 aliphatic carbocycles. The van der Waals surface area contributed by atoms with Crippen LogP contribution in [0.5, 0.6) is 0 Å². The largest absolute Gasteiger partial charge is 0.391 e. The third-order valence-electron chi connectivity index (χ3n) is 7.74. The summed E-state index contributed by atoms with van der Waals surface area (Å²) < 4.78 is 28.0. The molecule has 1 aromatic carbocycles. The summed E-state index contributed by atoms with van der Waals surface area (Å²) in [5.41, 5.74) is 1.65. The second kappa shape index (κ2) is 10.0. The molecule has 3 aromatic rings. The number of hydrogen-bond acceptors (Lipinski definition) is 8. The van der Waals surface area contributed by atoms with E-state index < -0.39 is 20.9 Å². The number of ether oxygens (including phenoxy) is 2. The van der Waals surface area contributed by atoms with Gasteiger partial charge < -0.3 is 18.3 Å². The maximum atomic E-state index is 13.3. The van der Waals surface area contributed by atoms with Gasteiger partial charge in [0.15, 0.2) is 23.2 Å². The van der Waals surface area contributed by atoms with Crippen LogP contribution in [0.3, 0.4) is 0 Å². The lowest BCUT2D eigenvalue weighted by molar-refractivity contribution is -0.0797. The number of rotatable bonds is 5. The van der Waals surface area contributed by atoms with E-state index in [0.29, 0.717) is 35.7 Å². The number of amides is 1. The van der Waals surface area contributed by atoms with E-state index in [1.54, 1.807) is 30.5 Å². The van der Waals surface area contributed by atoms with E-state index >= 15 is 0 Å². The Hall–Kier alpha value is -2.70. The third kappa shape index (κ3) is 4.50. The molecular formula is C28H39N5O5Si. The number of nitrogens with zero attached hydrogens (tertiary/aromatic N) is 5. The Labute approximate surface area is 230 Å². The van der Waals surface area contributed by atoms with Gasteiger partial charge in [-0.25, -0.2) is 15.0 Å². The molecule has 1 unspecified atom stereocenters. The van der Waals surface area contributed by atoms with Crippen LogP contribution in [-0.4, -0.2) is 72.6 Å². The van der Waals surface area contributed by atoms with Crippen LogP contribution in [0.1, 0.15) is 65.1 Å². The molecule has 2 saturated heterocycles. The smallest absolute Gasteiger partial charge is 0.349 e. The molecule has 2 aliphatic heterocycles. The van der Waals surface area contributed by atoms with Crippen molar-refractivity contribution >= 4 is 31.4 Å².